The highest BCUT2D eigenvalue weighted by Gasteiger charge is 2.32. The Morgan fingerprint density at radius 2 is 1.90 bits per heavy atom. The number of oxazole rings is 1. The van der Waals surface area contributed by atoms with E-state index in [-0.39, 0.29) is 23.8 Å². The zero-order chi connectivity index (χ0) is 21.1. The minimum Gasteiger partial charge on any atom is -0.436 e. The number of carbonyl (C=O) groups is 2. The van der Waals surface area contributed by atoms with Gasteiger partial charge < -0.3 is 14.6 Å². The Morgan fingerprint density at radius 3 is 2.63 bits per heavy atom. The van der Waals surface area contributed by atoms with Crippen LogP contribution in [0, 0.1) is 5.92 Å². The van der Waals surface area contributed by atoms with E-state index in [1.54, 1.807) is 11.9 Å². The van der Waals surface area contributed by atoms with Gasteiger partial charge in [-0.15, -0.1) is 0 Å². The second kappa shape index (κ2) is 8.69. The number of amides is 2. The largest absolute Gasteiger partial charge is 0.436 e. The van der Waals surface area contributed by atoms with Crippen LogP contribution in [0.1, 0.15) is 39.0 Å². The highest BCUT2D eigenvalue weighted by atomic mass is 16.3. The van der Waals surface area contributed by atoms with Crippen molar-refractivity contribution in [1.82, 2.24) is 10.3 Å². The quantitative estimate of drug-likeness (QED) is 0.653. The fourth-order valence-corrected chi connectivity index (χ4v) is 4.09. The third-order valence-corrected chi connectivity index (χ3v) is 5.75. The van der Waals surface area contributed by atoms with Gasteiger partial charge in [0.1, 0.15) is 5.52 Å². The number of carbonyl (C=O) groups excluding carboxylic acids is 2. The van der Waals surface area contributed by atoms with Gasteiger partial charge in [0.05, 0.1) is 0 Å². The van der Waals surface area contributed by atoms with E-state index in [9.17, 15) is 9.59 Å². The zero-order valence-electron chi connectivity index (χ0n) is 17.4. The van der Waals surface area contributed by atoms with Gasteiger partial charge in [-0.25, -0.2) is 4.98 Å². The molecule has 0 saturated heterocycles. The summed E-state index contributed by atoms with van der Waals surface area (Å²) >= 11 is 0. The van der Waals surface area contributed by atoms with Gasteiger partial charge in [-0.2, -0.15) is 0 Å². The van der Waals surface area contributed by atoms with E-state index in [4.69, 9.17) is 4.42 Å². The topological polar surface area (TPSA) is 75.4 Å². The maximum Gasteiger partial charge on any atom is 0.229 e. The van der Waals surface area contributed by atoms with E-state index in [1.807, 2.05) is 55.5 Å². The lowest BCUT2D eigenvalue weighted by molar-refractivity contribution is -0.123. The van der Waals surface area contributed by atoms with Gasteiger partial charge in [0.25, 0.3) is 0 Å². The Labute approximate surface area is 176 Å². The highest BCUT2D eigenvalue weighted by molar-refractivity contribution is 5.95. The molecule has 0 radical (unpaired) electrons. The molecule has 1 aliphatic carbocycles. The minimum absolute atomic E-state index is 0.0568. The zero-order valence-corrected chi connectivity index (χ0v) is 17.4. The van der Waals surface area contributed by atoms with Gasteiger partial charge in [-0.05, 0) is 62.1 Å². The maximum atomic E-state index is 13.0. The number of aromatic nitrogens is 1. The summed E-state index contributed by atoms with van der Waals surface area (Å²) in [4.78, 5) is 31.0. The molecule has 1 heterocycles. The molecule has 6 heteroatoms. The molecule has 156 valence electrons. The first-order chi connectivity index (χ1) is 14.5. The van der Waals surface area contributed by atoms with Crippen LogP contribution in [0.2, 0.25) is 0 Å². The Morgan fingerprint density at radius 1 is 1.13 bits per heavy atom. The molecule has 1 N–H and O–H groups in total. The number of anilines is 1. The van der Waals surface area contributed by atoms with E-state index in [0.29, 0.717) is 18.7 Å². The molecule has 6 nitrogen and oxygen atoms in total. The van der Waals surface area contributed by atoms with Crippen molar-refractivity contribution in [3.63, 3.8) is 0 Å². The van der Waals surface area contributed by atoms with Crippen LogP contribution in [0.15, 0.2) is 52.9 Å². The van der Waals surface area contributed by atoms with E-state index in [1.165, 1.54) is 0 Å². The molecular formula is C24H27N3O3. The normalized spacial score (nSPS) is 18.5. The Bertz CT molecular complexity index is 1010. The first-order valence-electron chi connectivity index (χ1n) is 10.6. The Kier molecular flexibility index (Phi) is 5.84. The molecule has 2 aromatic carbocycles. The van der Waals surface area contributed by atoms with Crippen molar-refractivity contribution in [3.8, 4) is 11.5 Å². The predicted molar refractivity (Wildman–Crippen MR) is 117 cm³/mol. The average molecular weight is 405 g/mol. The SMILES string of the molecule is CCCC(=O)N[C@H]1CC[C@@H](C(=O)N(C)c2ccc(-c3nc4ccccc4o3)cc2)C1. The summed E-state index contributed by atoms with van der Waals surface area (Å²) < 4.78 is 5.82. The number of nitrogens with zero attached hydrogens (tertiary/aromatic N) is 2. The van der Waals surface area contributed by atoms with Crippen molar-refractivity contribution >= 4 is 28.6 Å². The first-order valence-corrected chi connectivity index (χ1v) is 10.6. The summed E-state index contributed by atoms with van der Waals surface area (Å²) in [5, 5.41) is 3.05. The predicted octanol–water partition coefficient (Wildman–Crippen LogP) is 4.54. The van der Waals surface area contributed by atoms with Gasteiger partial charge in [0.2, 0.25) is 17.7 Å². The van der Waals surface area contributed by atoms with Crippen molar-refractivity contribution in [3.05, 3.63) is 48.5 Å². The summed E-state index contributed by atoms with van der Waals surface area (Å²) in [6.45, 7) is 1.99. The number of hydrogen-bond acceptors (Lipinski definition) is 4. The van der Waals surface area contributed by atoms with Crippen molar-refractivity contribution in [2.45, 2.75) is 45.1 Å². The van der Waals surface area contributed by atoms with Crippen LogP contribution in [-0.2, 0) is 9.59 Å². The van der Waals surface area contributed by atoms with E-state index in [0.717, 1.165) is 41.6 Å². The van der Waals surface area contributed by atoms with Crippen molar-refractivity contribution in [2.24, 2.45) is 5.92 Å². The van der Waals surface area contributed by atoms with Crippen LogP contribution < -0.4 is 10.2 Å². The molecule has 4 rings (SSSR count). The van der Waals surface area contributed by atoms with Crippen LogP contribution in [0.5, 0.6) is 0 Å². The molecule has 0 bridgehead atoms. The molecule has 3 aromatic rings. The Hall–Kier alpha value is -3.15. The molecule has 0 unspecified atom stereocenters. The number of hydrogen-bond donors (Lipinski definition) is 1. The summed E-state index contributed by atoms with van der Waals surface area (Å²) in [5.74, 6) is 0.687. The third-order valence-electron chi connectivity index (χ3n) is 5.75. The molecule has 30 heavy (non-hydrogen) atoms. The van der Waals surface area contributed by atoms with E-state index < -0.39 is 0 Å². The maximum absolute atomic E-state index is 13.0. The number of rotatable bonds is 6. The van der Waals surface area contributed by atoms with Crippen molar-refractivity contribution in [2.75, 3.05) is 11.9 Å². The minimum atomic E-state index is -0.0568. The Balaban J connectivity index is 1.40. The lowest BCUT2D eigenvalue weighted by atomic mass is 10.1. The molecule has 0 spiro atoms. The standard InChI is InChI=1S/C24H27N3O3/c1-3-6-22(28)25-18-12-9-17(15-18)24(29)27(2)19-13-10-16(11-14-19)23-26-20-7-4-5-8-21(20)30-23/h4-5,7-8,10-11,13-14,17-18H,3,6,9,12,15H2,1-2H3,(H,25,28)/t17-,18+/m1/s1. The van der Waals surface area contributed by atoms with Crippen LogP contribution in [0.25, 0.3) is 22.6 Å². The fraction of sp³-hybridized carbons (Fsp3) is 0.375. The lowest BCUT2D eigenvalue weighted by Gasteiger charge is -2.21. The molecule has 2 amide bonds. The molecule has 0 aliphatic heterocycles. The molecule has 1 saturated carbocycles. The van der Waals surface area contributed by atoms with Gasteiger partial charge >= 0.3 is 0 Å². The molecule has 1 aliphatic rings. The van der Waals surface area contributed by atoms with Crippen molar-refractivity contribution in [1.29, 1.82) is 0 Å². The highest BCUT2D eigenvalue weighted by Crippen LogP contribution is 2.30. The molecule has 2 atom stereocenters. The van der Waals surface area contributed by atoms with Crippen molar-refractivity contribution < 1.29 is 14.0 Å². The lowest BCUT2D eigenvalue weighted by Crippen LogP contribution is -2.35. The summed E-state index contributed by atoms with van der Waals surface area (Å²) in [7, 11) is 1.81. The fourth-order valence-electron chi connectivity index (χ4n) is 4.09. The molecule has 1 aromatic heterocycles. The molecular weight excluding hydrogens is 378 g/mol. The summed E-state index contributed by atoms with van der Waals surface area (Å²) in [5.41, 5.74) is 3.28. The van der Waals surface area contributed by atoms with Crippen LogP contribution in [0.3, 0.4) is 0 Å². The summed E-state index contributed by atoms with van der Waals surface area (Å²) in [6, 6.07) is 15.4. The first kappa shape index (κ1) is 20.1. The van der Waals surface area contributed by atoms with Crippen LogP contribution >= 0.6 is 0 Å². The number of benzene rings is 2. The number of nitrogens with one attached hydrogen (secondary N) is 1. The second-order valence-corrected chi connectivity index (χ2v) is 7.96. The van der Waals surface area contributed by atoms with Gasteiger partial charge in [0.15, 0.2) is 5.58 Å². The van der Waals surface area contributed by atoms with E-state index in [2.05, 4.69) is 10.3 Å². The smallest absolute Gasteiger partial charge is 0.229 e. The van der Waals surface area contributed by atoms with Gasteiger partial charge in [0, 0.05) is 36.7 Å². The monoisotopic (exact) mass is 405 g/mol. The van der Waals surface area contributed by atoms with E-state index >= 15 is 0 Å². The van der Waals surface area contributed by atoms with Gasteiger partial charge in [-0.1, -0.05) is 19.1 Å². The van der Waals surface area contributed by atoms with Gasteiger partial charge in [-0.3, -0.25) is 9.59 Å². The number of fused-ring (bicyclic) bond motifs is 1. The second-order valence-electron chi connectivity index (χ2n) is 7.96. The molecule has 1 fully saturated rings. The third kappa shape index (κ3) is 4.22. The number of para-hydroxylation sites is 2. The van der Waals surface area contributed by atoms with Crippen LogP contribution in [0.4, 0.5) is 5.69 Å². The summed E-state index contributed by atoms with van der Waals surface area (Å²) in [6.07, 6.45) is 3.75. The average Bonchev–Trinajstić information content (AvgIpc) is 3.40. The van der Waals surface area contributed by atoms with Crippen LogP contribution in [-0.4, -0.2) is 29.9 Å².